The van der Waals surface area contributed by atoms with Gasteiger partial charge >= 0.3 is 0 Å². The maximum Gasteiger partial charge on any atom is 0.136 e. The smallest absolute Gasteiger partial charge is 0.136 e. The van der Waals surface area contributed by atoms with Crippen molar-refractivity contribution < 1.29 is 4.42 Å². The zero-order chi connectivity index (χ0) is 22.9. The molecule has 34 heavy (non-hydrogen) atoms. The van der Waals surface area contributed by atoms with Crippen molar-refractivity contribution in [2.24, 2.45) is 0 Å². The lowest BCUT2D eigenvalue weighted by molar-refractivity contribution is 0.657. The summed E-state index contributed by atoms with van der Waals surface area (Å²) in [5, 5.41) is 2.42. The Bertz CT molecular complexity index is 1710. The van der Waals surface area contributed by atoms with Gasteiger partial charge < -0.3 is 4.42 Å². The Labute approximate surface area is 198 Å². The van der Waals surface area contributed by atoms with Gasteiger partial charge in [-0.25, -0.2) is 0 Å². The van der Waals surface area contributed by atoms with Gasteiger partial charge in [-0.15, -0.1) is 0 Å². The molecule has 0 unspecified atom stereocenters. The molecule has 162 valence electrons. The topological polar surface area (TPSA) is 26.0 Å². The van der Waals surface area contributed by atoms with Crippen LogP contribution in [0.5, 0.6) is 0 Å². The van der Waals surface area contributed by atoms with Crippen molar-refractivity contribution in [3.63, 3.8) is 0 Å². The van der Waals surface area contributed by atoms with Gasteiger partial charge in [0.05, 0.1) is 0 Å². The Kier molecular flexibility index (Phi) is 3.93. The third kappa shape index (κ3) is 2.66. The van der Waals surface area contributed by atoms with Gasteiger partial charge in [0, 0.05) is 28.6 Å². The van der Waals surface area contributed by atoms with Crippen LogP contribution >= 0.6 is 0 Å². The quantitative estimate of drug-likeness (QED) is 0.271. The van der Waals surface area contributed by atoms with Gasteiger partial charge in [-0.2, -0.15) is 0 Å². The molecule has 0 radical (unpaired) electrons. The maximum atomic E-state index is 6.20. The van der Waals surface area contributed by atoms with Crippen molar-refractivity contribution in [3.8, 4) is 33.4 Å². The molecule has 0 aliphatic heterocycles. The molecule has 2 aromatic heterocycles. The van der Waals surface area contributed by atoms with Crippen molar-refractivity contribution in [1.82, 2.24) is 4.98 Å². The zero-order valence-corrected chi connectivity index (χ0v) is 19.2. The molecule has 2 heteroatoms. The minimum absolute atomic E-state index is 0.0805. The first-order valence-corrected chi connectivity index (χ1v) is 11.7. The van der Waals surface area contributed by atoms with Gasteiger partial charge in [-0.3, -0.25) is 4.98 Å². The Morgan fingerprint density at radius 2 is 1.41 bits per heavy atom. The maximum absolute atomic E-state index is 6.20. The number of aromatic nitrogens is 1. The normalized spacial score (nSPS) is 13.8. The largest absolute Gasteiger partial charge is 0.456 e. The summed E-state index contributed by atoms with van der Waals surface area (Å²) in [7, 11) is 0. The number of nitrogens with zero attached hydrogens (tertiary/aromatic N) is 1. The van der Waals surface area contributed by atoms with E-state index in [2.05, 4.69) is 97.7 Å². The van der Waals surface area contributed by atoms with E-state index in [1.807, 2.05) is 24.5 Å². The third-order valence-corrected chi connectivity index (χ3v) is 7.39. The highest BCUT2D eigenvalue weighted by molar-refractivity contribution is 6.15. The average Bonchev–Trinajstić information content (AvgIpc) is 3.37. The monoisotopic (exact) mass is 437 g/mol. The molecule has 0 amide bonds. The summed E-state index contributed by atoms with van der Waals surface area (Å²) in [6.45, 7) is 4.67. The molecular weight excluding hydrogens is 414 g/mol. The molecule has 1 aliphatic carbocycles. The molecule has 6 aromatic rings. The number of rotatable bonds is 2. The van der Waals surface area contributed by atoms with Gasteiger partial charge in [0.25, 0.3) is 0 Å². The molecule has 0 N–H and O–H groups in total. The standard InChI is InChI=1S/C32H23NO/c1-32(2)26-15-16-29-31(25-7-3-4-8-28(25)34-29)30(26)24-14-13-22(18-27(24)32)20-9-11-21(12-10-20)23-6-5-17-33-19-23/h3-19H,1-2H3. The summed E-state index contributed by atoms with van der Waals surface area (Å²) >= 11 is 0. The van der Waals surface area contributed by atoms with E-state index >= 15 is 0 Å². The van der Waals surface area contributed by atoms with Crippen molar-refractivity contribution >= 4 is 21.9 Å². The van der Waals surface area contributed by atoms with Gasteiger partial charge in [-0.05, 0) is 68.8 Å². The lowest BCUT2D eigenvalue weighted by Gasteiger charge is -2.22. The van der Waals surface area contributed by atoms with E-state index in [0.717, 1.165) is 16.7 Å². The highest BCUT2D eigenvalue weighted by Gasteiger charge is 2.37. The fourth-order valence-corrected chi connectivity index (χ4v) is 5.61. The lowest BCUT2D eigenvalue weighted by atomic mass is 9.81. The van der Waals surface area contributed by atoms with Crippen LogP contribution < -0.4 is 0 Å². The van der Waals surface area contributed by atoms with E-state index in [-0.39, 0.29) is 5.41 Å². The molecule has 0 saturated heterocycles. The minimum atomic E-state index is -0.0805. The second-order valence-electron chi connectivity index (χ2n) is 9.66. The van der Waals surface area contributed by atoms with Crippen molar-refractivity contribution in [2.75, 3.05) is 0 Å². The van der Waals surface area contributed by atoms with Gasteiger partial charge in [0.2, 0.25) is 0 Å². The Morgan fingerprint density at radius 3 is 2.21 bits per heavy atom. The fourth-order valence-electron chi connectivity index (χ4n) is 5.61. The van der Waals surface area contributed by atoms with Crippen LogP contribution in [0.25, 0.3) is 55.3 Å². The lowest BCUT2D eigenvalue weighted by Crippen LogP contribution is -2.14. The van der Waals surface area contributed by atoms with E-state index in [1.54, 1.807) is 0 Å². The molecule has 0 spiro atoms. The fraction of sp³-hybridized carbons (Fsp3) is 0.0938. The van der Waals surface area contributed by atoms with Crippen LogP contribution in [0.15, 0.2) is 108 Å². The molecule has 0 saturated carbocycles. The van der Waals surface area contributed by atoms with E-state index in [9.17, 15) is 0 Å². The Morgan fingerprint density at radius 1 is 0.647 bits per heavy atom. The summed E-state index contributed by atoms with van der Waals surface area (Å²) in [5.41, 5.74) is 12.0. The van der Waals surface area contributed by atoms with Crippen LogP contribution in [0, 0.1) is 0 Å². The van der Waals surface area contributed by atoms with E-state index in [4.69, 9.17) is 4.42 Å². The third-order valence-electron chi connectivity index (χ3n) is 7.39. The zero-order valence-electron chi connectivity index (χ0n) is 19.2. The highest BCUT2D eigenvalue weighted by atomic mass is 16.3. The number of pyridine rings is 1. The van der Waals surface area contributed by atoms with Crippen LogP contribution in [0.1, 0.15) is 25.0 Å². The number of para-hydroxylation sites is 1. The molecule has 2 nitrogen and oxygen atoms in total. The number of hydrogen-bond donors (Lipinski definition) is 0. The molecule has 0 fully saturated rings. The first-order valence-electron chi connectivity index (χ1n) is 11.7. The SMILES string of the molecule is CC1(C)c2cc(-c3ccc(-c4cccnc4)cc3)ccc2-c2c1ccc1oc3ccccc3c21. The number of fused-ring (bicyclic) bond motifs is 7. The van der Waals surface area contributed by atoms with Crippen LogP contribution in [0.2, 0.25) is 0 Å². The molecule has 4 aromatic carbocycles. The first kappa shape index (κ1) is 19.3. The minimum Gasteiger partial charge on any atom is -0.456 e. The van der Waals surface area contributed by atoms with E-state index in [0.29, 0.717) is 0 Å². The average molecular weight is 438 g/mol. The molecule has 0 atom stereocenters. The van der Waals surface area contributed by atoms with Gasteiger partial charge in [0.1, 0.15) is 11.2 Å². The Hall–Kier alpha value is -4.17. The molecule has 7 rings (SSSR count). The number of hydrogen-bond acceptors (Lipinski definition) is 2. The van der Waals surface area contributed by atoms with Crippen molar-refractivity contribution in [3.05, 3.63) is 115 Å². The molecule has 1 aliphatic rings. The van der Waals surface area contributed by atoms with Gasteiger partial charge in [-0.1, -0.05) is 80.6 Å². The second kappa shape index (κ2) is 6.91. The summed E-state index contributed by atoms with van der Waals surface area (Å²) < 4.78 is 6.20. The summed E-state index contributed by atoms with van der Waals surface area (Å²) in [5.74, 6) is 0. The van der Waals surface area contributed by atoms with Crippen LogP contribution in [0.3, 0.4) is 0 Å². The summed E-state index contributed by atoms with van der Waals surface area (Å²) in [6.07, 6.45) is 3.72. The summed E-state index contributed by atoms with van der Waals surface area (Å²) in [6, 6.07) is 32.5. The van der Waals surface area contributed by atoms with Crippen molar-refractivity contribution in [1.29, 1.82) is 0 Å². The predicted molar refractivity (Wildman–Crippen MR) is 140 cm³/mol. The highest BCUT2D eigenvalue weighted by Crippen LogP contribution is 2.53. The second-order valence-corrected chi connectivity index (χ2v) is 9.66. The molecule has 0 bridgehead atoms. The molecular formula is C32H23NO. The van der Waals surface area contributed by atoms with E-state index in [1.165, 1.54) is 49.7 Å². The number of furan rings is 1. The predicted octanol–water partition coefficient (Wildman–Crippen LogP) is 8.62. The van der Waals surface area contributed by atoms with Crippen molar-refractivity contribution in [2.45, 2.75) is 19.3 Å². The van der Waals surface area contributed by atoms with Gasteiger partial charge in [0.15, 0.2) is 0 Å². The first-order chi connectivity index (χ1) is 16.6. The van der Waals surface area contributed by atoms with E-state index < -0.39 is 0 Å². The number of benzene rings is 4. The van der Waals surface area contributed by atoms with Crippen LogP contribution in [-0.2, 0) is 5.41 Å². The Balaban J connectivity index is 1.39. The van der Waals surface area contributed by atoms with Crippen LogP contribution in [0.4, 0.5) is 0 Å². The molecule has 2 heterocycles. The van der Waals surface area contributed by atoms with Crippen LogP contribution in [-0.4, -0.2) is 4.98 Å². The summed E-state index contributed by atoms with van der Waals surface area (Å²) in [4.78, 5) is 4.25.